The molecule has 1 saturated heterocycles. The maximum atomic E-state index is 11.8. The van der Waals surface area contributed by atoms with Crippen LogP contribution in [-0.4, -0.2) is 27.3 Å². The number of carbonyl (C=O) groups is 1. The highest BCUT2D eigenvalue weighted by Gasteiger charge is 2.27. The normalized spacial score (nSPS) is 19.4. The number of rotatable bonds is 2. The standard InChI is InChI=1S/C15H17N3O/c1-10-7-15(19)18(8-10)9-14-11(2)16-12-5-3-4-6-13(12)17-14/h3-6,10H,7-9H2,1-2H3/t10-/m0/s1. The number of fused-ring (bicyclic) bond motifs is 1. The Labute approximate surface area is 112 Å². The van der Waals surface area contributed by atoms with Crippen LogP contribution < -0.4 is 0 Å². The van der Waals surface area contributed by atoms with Crippen LogP contribution in [0, 0.1) is 12.8 Å². The number of hydrogen-bond acceptors (Lipinski definition) is 3. The monoisotopic (exact) mass is 255 g/mol. The third-order valence-corrected chi connectivity index (χ3v) is 3.59. The summed E-state index contributed by atoms with van der Waals surface area (Å²) in [7, 11) is 0. The smallest absolute Gasteiger partial charge is 0.223 e. The Bertz CT molecular complexity index is 638. The number of carbonyl (C=O) groups excluding carboxylic acids is 1. The first kappa shape index (κ1) is 12.1. The van der Waals surface area contributed by atoms with E-state index in [4.69, 9.17) is 0 Å². The second kappa shape index (κ2) is 4.61. The average Bonchev–Trinajstić information content (AvgIpc) is 2.69. The Hall–Kier alpha value is -1.97. The molecule has 0 saturated carbocycles. The summed E-state index contributed by atoms with van der Waals surface area (Å²) < 4.78 is 0. The fourth-order valence-electron chi connectivity index (χ4n) is 2.58. The fraction of sp³-hybridized carbons (Fsp3) is 0.400. The summed E-state index contributed by atoms with van der Waals surface area (Å²) in [6.07, 6.45) is 0.653. The zero-order valence-corrected chi connectivity index (χ0v) is 11.3. The molecule has 0 N–H and O–H groups in total. The molecule has 1 aliphatic heterocycles. The third-order valence-electron chi connectivity index (χ3n) is 3.59. The molecule has 2 aromatic rings. The molecule has 1 aromatic heterocycles. The molecule has 0 radical (unpaired) electrons. The third kappa shape index (κ3) is 2.30. The van der Waals surface area contributed by atoms with Gasteiger partial charge in [-0.25, -0.2) is 9.97 Å². The van der Waals surface area contributed by atoms with Gasteiger partial charge in [0.15, 0.2) is 0 Å². The number of benzene rings is 1. The summed E-state index contributed by atoms with van der Waals surface area (Å²) in [5.74, 6) is 0.670. The molecule has 1 amide bonds. The maximum absolute atomic E-state index is 11.8. The van der Waals surface area contributed by atoms with Gasteiger partial charge in [0.25, 0.3) is 0 Å². The van der Waals surface area contributed by atoms with Crippen molar-refractivity contribution in [3.05, 3.63) is 35.7 Å². The van der Waals surface area contributed by atoms with Gasteiger partial charge < -0.3 is 4.90 Å². The van der Waals surface area contributed by atoms with Gasteiger partial charge in [0.1, 0.15) is 0 Å². The van der Waals surface area contributed by atoms with E-state index < -0.39 is 0 Å². The molecule has 0 bridgehead atoms. The fourth-order valence-corrected chi connectivity index (χ4v) is 2.58. The van der Waals surface area contributed by atoms with E-state index >= 15 is 0 Å². The molecule has 1 aliphatic rings. The first-order valence-corrected chi connectivity index (χ1v) is 6.63. The Kier molecular flexibility index (Phi) is 2.93. The van der Waals surface area contributed by atoms with Gasteiger partial charge in [-0.3, -0.25) is 4.79 Å². The van der Waals surface area contributed by atoms with E-state index in [2.05, 4.69) is 16.9 Å². The lowest BCUT2D eigenvalue weighted by molar-refractivity contribution is -0.128. The summed E-state index contributed by atoms with van der Waals surface area (Å²) in [5.41, 5.74) is 3.61. The van der Waals surface area contributed by atoms with Crippen molar-refractivity contribution in [2.24, 2.45) is 5.92 Å². The van der Waals surface area contributed by atoms with Crippen molar-refractivity contribution >= 4 is 16.9 Å². The summed E-state index contributed by atoms with van der Waals surface area (Å²) in [6.45, 7) is 5.47. The van der Waals surface area contributed by atoms with Crippen LogP contribution in [0.3, 0.4) is 0 Å². The van der Waals surface area contributed by atoms with Crippen LogP contribution in [0.15, 0.2) is 24.3 Å². The topological polar surface area (TPSA) is 46.1 Å². The zero-order chi connectivity index (χ0) is 13.4. The molecule has 2 heterocycles. The van der Waals surface area contributed by atoms with E-state index in [0.29, 0.717) is 18.9 Å². The van der Waals surface area contributed by atoms with E-state index in [9.17, 15) is 4.79 Å². The quantitative estimate of drug-likeness (QED) is 0.827. The average molecular weight is 255 g/mol. The van der Waals surface area contributed by atoms with E-state index in [1.165, 1.54) is 0 Å². The number of hydrogen-bond donors (Lipinski definition) is 0. The Morgan fingerprint density at radius 3 is 2.58 bits per heavy atom. The van der Waals surface area contributed by atoms with Crippen LogP contribution in [0.2, 0.25) is 0 Å². The molecule has 0 spiro atoms. The van der Waals surface area contributed by atoms with Crippen molar-refractivity contribution < 1.29 is 4.79 Å². The number of aromatic nitrogens is 2. The summed E-state index contributed by atoms with van der Waals surface area (Å²) in [5, 5.41) is 0. The summed E-state index contributed by atoms with van der Waals surface area (Å²) >= 11 is 0. The minimum absolute atomic E-state index is 0.224. The molecule has 0 unspecified atom stereocenters. The van der Waals surface area contributed by atoms with E-state index in [0.717, 1.165) is 29.0 Å². The molecule has 98 valence electrons. The second-order valence-electron chi connectivity index (χ2n) is 5.33. The van der Waals surface area contributed by atoms with E-state index in [1.807, 2.05) is 36.1 Å². The molecule has 1 aromatic carbocycles. The van der Waals surface area contributed by atoms with Gasteiger partial charge in [-0.1, -0.05) is 19.1 Å². The number of para-hydroxylation sites is 2. The maximum Gasteiger partial charge on any atom is 0.223 e. The van der Waals surface area contributed by atoms with Gasteiger partial charge in [-0.05, 0) is 25.0 Å². The number of likely N-dealkylation sites (tertiary alicyclic amines) is 1. The van der Waals surface area contributed by atoms with E-state index in [-0.39, 0.29) is 5.91 Å². The minimum Gasteiger partial charge on any atom is -0.336 e. The van der Waals surface area contributed by atoms with Crippen LogP contribution in [0.1, 0.15) is 24.7 Å². The van der Waals surface area contributed by atoms with Crippen molar-refractivity contribution in [1.29, 1.82) is 0 Å². The lowest BCUT2D eigenvalue weighted by Gasteiger charge is -2.16. The predicted molar refractivity (Wildman–Crippen MR) is 73.5 cm³/mol. The molecule has 3 rings (SSSR count). The highest BCUT2D eigenvalue weighted by molar-refractivity contribution is 5.78. The summed E-state index contributed by atoms with van der Waals surface area (Å²) in [6, 6.07) is 7.84. The highest BCUT2D eigenvalue weighted by atomic mass is 16.2. The molecule has 4 nitrogen and oxygen atoms in total. The van der Waals surface area contributed by atoms with Gasteiger partial charge in [-0.2, -0.15) is 0 Å². The number of nitrogens with zero attached hydrogens (tertiary/aromatic N) is 3. The molecule has 0 aliphatic carbocycles. The lowest BCUT2D eigenvalue weighted by atomic mass is 10.2. The Morgan fingerprint density at radius 2 is 1.95 bits per heavy atom. The Balaban J connectivity index is 1.92. The number of aryl methyl sites for hydroxylation is 1. The second-order valence-corrected chi connectivity index (χ2v) is 5.33. The first-order valence-electron chi connectivity index (χ1n) is 6.63. The summed E-state index contributed by atoms with van der Waals surface area (Å²) in [4.78, 5) is 22.9. The van der Waals surface area contributed by atoms with Crippen LogP contribution in [0.5, 0.6) is 0 Å². The molecule has 19 heavy (non-hydrogen) atoms. The van der Waals surface area contributed by atoms with Gasteiger partial charge in [0.05, 0.1) is 29.0 Å². The van der Waals surface area contributed by atoms with Crippen molar-refractivity contribution in [3.8, 4) is 0 Å². The van der Waals surface area contributed by atoms with E-state index in [1.54, 1.807) is 0 Å². The molecular weight excluding hydrogens is 238 g/mol. The van der Waals surface area contributed by atoms with Crippen LogP contribution in [0.25, 0.3) is 11.0 Å². The zero-order valence-electron chi connectivity index (χ0n) is 11.3. The van der Waals surface area contributed by atoms with Crippen LogP contribution >= 0.6 is 0 Å². The van der Waals surface area contributed by atoms with Gasteiger partial charge in [0.2, 0.25) is 5.91 Å². The van der Waals surface area contributed by atoms with Crippen LogP contribution in [0.4, 0.5) is 0 Å². The molecular formula is C15H17N3O. The Morgan fingerprint density at radius 1 is 1.26 bits per heavy atom. The SMILES string of the molecule is Cc1nc2ccccc2nc1CN1C[C@@H](C)CC1=O. The lowest BCUT2D eigenvalue weighted by Crippen LogP contribution is -2.25. The molecule has 4 heteroatoms. The number of amides is 1. The van der Waals surface area contributed by atoms with Crippen molar-refractivity contribution in [1.82, 2.24) is 14.9 Å². The largest absolute Gasteiger partial charge is 0.336 e. The predicted octanol–water partition coefficient (Wildman–Crippen LogP) is 2.31. The van der Waals surface area contributed by atoms with Crippen molar-refractivity contribution in [2.45, 2.75) is 26.8 Å². The van der Waals surface area contributed by atoms with Crippen LogP contribution in [-0.2, 0) is 11.3 Å². The van der Waals surface area contributed by atoms with Crippen molar-refractivity contribution in [3.63, 3.8) is 0 Å². The molecule has 1 atom stereocenters. The van der Waals surface area contributed by atoms with Gasteiger partial charge >= 0.3 is 0 Å². The van der Waals surface area contributed by atoms with Gasteiger partial charge in [0, 0.05) is 13.0 Å². The minimum atomic E-state index is 0.224. The first-order chi connectivity index (χ1) is 9.13. The van der Waals surface area contributed by atoms with Crippen molar-refractivity contribution in [2.75, 3.05) is 6.54 Å². The highest BCUT2D eigenvalue weighted by Crippen LogP contribution is 2.20. The molecule has 1 fully saturated rings. The van der Waals surface area contributed by atoms with Gasteiger partial charge in [-0.15, -0.1) is 0 Å².